The normalized spacial score (nSPS) is 14.8. The van der Waals surface area contributed by atoms with Crippen LogP contribution in [-0.4, -0.2) is 19.8 Å². The molecule has 2 heteroatoms. The molecule has 0 fully saturated rings. The monoisotopic (exact) mass is 181 g/mol. The van der Waals surface area contributed by atoms with Crippen molar-refractivity contribution < 1.29 is 4.74 Å². The fourth-order valence-corrected chi connectivity index (χ4v) is 0.941. The van der Waals surface area contributed by atoms with Crippen LogP contribution in [0.25, 0.3) is 0 Å². The third-order valence-corrected chi connectivity index (χ3v) is 1.70. The Kier molecular flexibility index (Phi) is 7.26. The van der Waals surface area contributed by atoms with Gasteiger partial charge < -0.3 is 10.5 Å². The van der Waals surface area contributed by atoms with Crippen LogP contribution in [0.2, 0.25) is 0 Å². The molecule has 0 aromatic carbocycles. The molecule has 0 radical (unpaired) electrons. The molecule has 0 aliphatic carbocycles. The second-order valence-electron chi connectivity index (χ2n) is 2.90. The van der Waals surface area contributed by atoms with Gasteiger partial charge in [-0.3, -0.25) is 0 Å². The first-order chi connectivity index (χ1) is 6.22. The number of allylic oxidation sites excluding steroid dienone is 3. The number of methoxy groups -OCH3 is 1. The maximum Gasteiger partial charge on any atom is 0.0643 e. The molecule has 0 amide bonds. The van der Waals surface area contributed by atoms with E-state index < -0.39 is 0 Å². The molecule has 0 bridgehead atoms. The predicted octanol–water partition coefficient (Wildman–Crippen LogP) is 2.04. The molecule has 1 unspecified atom stereocenters. The second kappa shape index (κ2) is 7.77. The zero-order chi connectivity index (χ0) is 10.1. The van der Waals surface area contributed by atoms with Crippen molar-refractivity contribution in [1.29, 1.82) is 0 Å². The predicted molar refractivity (Wildman–Crippen MR) is 57.6 cm³/mol. The molecule has 0 rings (SSSR count). The van der Waals surface area contributed by atoms with E-state index in [9.17, 15) is 0 Å². The Morgan fingerprint density at radius 1 is 1.54 bits per heavy atom. The maximum atomic E-state index is 5.76. The van der Waals surface area contributed by atoms with Crippen LogP contribution in [0.1, 0.15) is 13.3 Å². The van der Waals surface area contributed by atoms with Crippen LogP contribution in [0, 0.1) is 0 Å². The summed E-state index contributed by atoms with van der Waals surface area (Å²) in [4.78, 5) is 0. The Bertz CT molecular complexity index is 192. The summed E-state index contributed by atoms with van der Waals surface area (Å²) in [6, 6.07) is 0.0881. The van der Waals surface area contributed by atoms with Crippen LogP contribution in [0.15, 0.2) is 36.5 Å². The quantitative estimate of drug-likeness (QED) is 0.502. The van der Waals surface area contributed by atoms with Gasteiger partial charge in [-0.05, 0) is 13.3 Å². The van der Waals surface area contributed by atoms with Crippen molar-refractivity contribution in [1.82, 2.24) is 0 Å². The molecule has 0 saturated heterocycles. The Labute approximate surface area is 80.8 Å². The van der Waals surface area contributed by atoms with Gasteiger partial charge >= 0.3 is 0 Å². The highest BCUT2D eigenvalue weighted by molar-refractivity contribution is 5.18. The van der Waals surface area contributed by atoms with Crippen LogP contribution in [0.3, 0.4) is 0 Å². The summed E-state index contributed by atoms with van der Waals surface area (Å²) in [5, 5.41) is 0. The fourth-order valence-electron chi connectivity index (χ4n) is 0.941. The molecule has 0 aliphatic heterocycles. The number of rotatable bonds is 6. The lowest BCUT2D eigenvalue weighted by Gasteiger charge is -2.07. The first-order valence-electron chi connectivity index (χ1n) is 4.43. The standard InChI is InChI=1S/C11H19NO/c1-4-7-11(10(2)12)8-5-6-9-13-3/h4-7,10H,1,8-9,12H2,2-3H3/b6-5-,11-7+. The van der Waals surface area contributed by atoms with Gasteiger partial charge in [0.25, 0.3) is 0 Å². The third-order valence-electron chi connectivity index (χ3n) is 1.70. The van der Waals surface area contributed by atoms with Crippen LogP contribution < -0.4 is 5.73 Å². The Hall–Kier alpha value is -0.860. The number of hydrogen-bond acceptors (Lipinski definition) is 2. The highest BCUT2D eigenvalue weighted by atomic mass is 16.5. The van der Waals surface area contributed by atoms with E-state index in [1.165, 1.54) is 5.57 Å². The van der Waals surface area contributed by atoms with Gasteiger partial charge in [-0.1, -0.05) is 36.5 Å². The summed E-state index contributed by atoms with van der Waals surface area (Å²) in [5.74, 6) is 0. The zero-order valence-corrected chi connectivity index (χ0v) is 8.49. The van der Waals surface area contributed by atoms with Gasteiger partial charge in [0.15, 0.2) is 0 Å². The van der Waals surface area contributed by atoms with Gasteiger partial charge in [0.1, 0.15) is 0 Å². The van der Waals surface area contributed by atoms with E-state index in [1.54, 1.807) is 13.2 Å². The molecule has 13 heavy (non-hydrogen) atoms. The van der Waals surface area contributed by atoms with Crippen LogP contribution in [0.5, 0.6) is 0 Å². The average molecular weight is 181 g/mol. The Morgan fingerprint density at radius 2 is 2.23 bits per heavy atom. The Balaban J connectivity index is 3.97. The van der Waals surface area contributed by atoms with Crippen molar-refractivity contribution in [2.24, 2.45) is 5.73 Å². The highest BCUT2D eigenvalue weighted by Gasteiger charge is 1.98. The molecule has 74 valence electrons. The van der Waals surface area contributed by atoms with E-state index in [0.29, 0.717) is 6.61 Å². The molecule has 0 spiro atoms. The molecule has 0 aliphatic rings. The first-order valence-corrected chi connectivity index (χ1v) is 4.43. The summed E-state index contributed by atoms with van der Waals surface area (Å²) < 4.78 is 4.89. The highest BCUT2D eigenvalue weighted by Crippen LogP contribution is 2.06. The van der Waals surface area contributed by atoms with Gasteiger partial charge in [-0.2, -0.15) is 0 Å². The second-order valence-corrected chi connectivity index (χ2v) is 2.90. The zero-order valence-electron chi connectivity index (χ0n) is 8.49. The molecular weight excluding hydrogens is 162 g/mol. The fraction of sp³-hybridized carbons (Fsp3) is 0.455. The van der Waals surface area contributed by atoms with Gasteiger partial charge in [-0.25, -0.2) is 0 Å². The molecule has 2 nitrogen and oxygen atoms in total. The van der Waals surface area contributed by atoms with E-state index >= 15 is 0 Å². The van der Waals surface area contributed by atoms with Crippen molar-refractivity contribution in [2.45, 2.75) is 19.4 Å². The minimum Gasteiger partial charge on any atom is -0.381 e. The van der Waals surface area contributed by atoms with Gasteiger partial charge in [-0.15, -0.1) is 0 Å². The lowest BCUT2D eigenvalue weighted by molar-refractivity contribution is 0.233. The van der Waals surface area contributed by atoms with E-state index in [0.717, 1.165) is 6.42 Å². The van der Waals surface area contributed by atoms with Crippen molar-refractivity contribution in [3.8, 4) is 0 Å². The third kappa shape index (κ3) is 6.31. The Morgan fingerprint density at radius 3 is 2.69 bits per heavy atom. The molecule has 0 saturated carbocycles. The molecule has 2 N–H and O–H groups in total. The molecule has 0 aromatic heterocycles. The summed E-state index contributed by atoms with van der Waals surface area (Å²) in [6.07, 6.45) is 8.64. The SMILES string of the molecule is C=C/C=C(\C/C=C\COC)C(C)N. The lowest BCUT2D eigenvalue weighted by atomic mass is 10.1. The van der Waals surface area contributed by atoms with Crippen LogP contribution >= 0.6 is 0 Å². The molecule has 0 aromatic rings. The number of nitrogens with two attached hydrogens (primary N) is 1. The van der Waals surface area contributed by atoms with Gasteiger partial charge in [0, 0.05) is 13.2 Å². The van der Waals surface area contributed by atoms with E-state index in [4.69, 9.17) is 10.5 Å². The summed E-state index contributed by atoms with van der Waals surface area (Å²) in [6.45, 7) is 6.27. The van der Waals surface area contributed by atoms with Gasteiger partial charge in [0.05, 0.1) is 6.61 Å². The summed E-state index contributed by atoms with van der Waals surface area (Å²) in [5.41, 5.74) is 6.94. The largest absolute Gasteiger partial charge is 0.381 e. The number of hydrogen-bond donors (Lipinski definition) is 1. The number of ether oxygens (including phenoxy) is 1. The van der Waals surface area contributed by atoms with Crippen molar-refractivity contribution in [2.75, 3.05) is 13.7 Å². The van der Waals surface area contributed by atoms with Crippen molar-refractivity contribution >= 4 is 0 Å². The summed E-state index contributed by atoms with van der Waals surface area (Å²) in [7, 11) is 1.68. The molecule has 1 atom stereocenters. The van der Waals surface area contributed by atoms with Crippen molar-refractivity contribution in [3.63, 3.8) is 0 Å². The minimum atomic E-state index is 0.0881. The maximum absolute atomic E-state index is 5.76. The van der Waals surface area contributed by atoms with E-state index in [1.807, 2.05) is 19.1 Å². The minimum absolute atomic E-state index is 0.0881. The smallest absolute Gasteiger partial charge is 0.0643 e. The lowest BCUT2D eigenvalue weighted by Crippen LogP contribution is -2.17. The molecular formula is C11H19NO. The first kappa shape index (κ1) is 12.1. The summed E-state index contributed by atoms with van der Waals surface area (Å²) >= 11 is 0. The van der Waals surface area contributed by atoms with Gasteiger partial charge in [0.2, 0.25) is 0 Å². The topological polar surface area (TPSA) is 35.2 Å². The van der Waals surface area contributed by atoms with E-state index in [-0.39, 0.29) is 6.04 Å². The van der Waals surface area contributed by atoms with Crippen LogP contribution in [0.4, 0.5) is 0 Å². The average Bonchev–Trinajstić information content (AvgIpc) is 2.10. The van der Waals surface area contributed by atoms with E-state index in [2.05, 4.69) is 12.7 Å². The molecule has 0 heterocycles. The van der Waals surface area contributed by atoms with Crippen LogP contribution in [-0.2, 0) is 4.74 Å². The van der Waals surface area contributed by atoms with Crippen molar-refractivity contribution in [3.05, 3.63) is 36.5 Å².